The smallest absolute Gasteiger partial charge is 0.340 e. The standard InChI is InChI=1S/C19H16ClN3O4S/c1-11(18(25)23-13-7-6-12(9-21)15(20)8-13)27-19(26)14-4-2-3-5-16(14)28-10-17(22)24/h2-8,11H,10H2,1H3,(H2,22,24)(H,23,25). The first-order chi connectivity index (χ1) is 13.3. The average Bonchev–Trinajstić information content (AvgIpc) is 2.66. The molecule has 2 aromatic carbocycles. The molecule has 9 heteroatoms. The second-order valence-corrected chi connectivity index (χ2v) is 7.02. The van der Waals surface area contributed by atoms with Gasteiger partial charge in [0.15, 0.2) is 6.10 Å². The Labute approximate surface area is 170 Å². The van der Waals surface area contributed by atoms with Crippen LogP contribution in [0.3, 0.4) is 0 Å². The van der Waals surface area contributed by atoms with Crippen molar-refractivity contribution >= 4 is 46.8 Å². The van der Waals surface area contributed by atoms with Crippen LogP contribution in [-0.4, -0.2) is 29.6 Å². The molecule has 0 aliphatic carbocycles. The molecule has 7 nitrogen and oxygen atoms in total. The summed E-state index contributed by atoms with van der Waals surface area (Å²) >= 11 is 7.04. The van der Waals surface area contributed by atoms with Gasteiger partial charge in [0.1, 0.15) is 6.07 Å². The number of carbonyl (C=O) groups is 3. The van der Waals surface area contributed by atoms with Gasteiger partial charge in [0, 0.05) is 10.6 Å². The molecule has 2 rings (SSSR count). The highest BCUT2D eigenvalue weighted by molar-refractivity contribution is 8.00. The number of ether oxygens (including phenoxy) is 1. The van der Waals surface area contributed by atoms with E-state index < -0.39 is 23.9 Å². The Morgan fingerprint density at radius 1 is 1.29 bits per heavy atom. The van der Waals surface area contributed by atoms with Crippen LogP contribution in [0.15, 0.2) is 47.4 Å². The summed E-state index contributed by atoms with van der Waals surface area (Å²) in [7, 11) is 0. The number of thioether (sulfide) groups is 1. The SMILES string of the molecule is CC(OC(=O)c1ccccc1SCC(N)=O)C(=O)Nc1ccc(C#N)c(Cl)c1. The van der Waals surface area contributed by atoms with Crippen molar-refractivity contribution in [2.75, 3.05) is 11.1 Å². The first-order valence-corrected chi connectivity index (χ1v) is 9.39. The Morgan fingerprint density at radius 2 is 2.00 bits per heavy atom. The number of nitrogens with two attached hydrogens (primary N) is 1. The Morgan fingerprint density at radius 3 is 2.64 bits per heavy atom. The van der Waals surface area contributed by atoms with Crippen molar-refractivity contribution in [3.8, 4) is 6.07 Å². The monoisotopic (exact) mass is 417 g/mol. The lowest BCUT2D eigenvalue weighted by Gasteiger charge is -2.15. The Balaban J connectivity index is 2.04. The van der Waals surface area contributed by atoms with E-state index >= 15 is 0 Å². The molecule has 0 heterocycles. The third-order valence-corrected chi connectivity index (χ3v) is 4.90. The minimum atomic E-state index is -1.09. The van der Waals surface area contributed by atoms with Crippen molar-refractivity contribution in [2.45, 2.75) is 17.9 Å². The highest BCUT2D eigenvalue weighted by Crippen LogP contribution is 2.24. The lowest BCUT2D eigenvalue weighted by atomic mass is 10.2. The fourth-order valence-corrected chi connectivity index (χ4v) is 3.12. The fraction of sp³-hybridized carbons (Fsp3) is 0.158. The summed E-state index contributed by atoms with van der Waals surface area (Å²) in [5.41, 5.74) is 6.02. The number of primary amides is 1. The van der Waals surface area contributed by atoms with E-state index in [2.05, 4.69) is 5.32 Å². The summed E-state index contributed by atoms with van der Waals surface area (Å²) in [6.07, 6.45) is -1.09. The highest BCUT2D eigenvalue weighted by atomic mass is 35.5. The molecule has 0 bridgehead atoms. The zero-order valence-electron chi connectivity index (χ0n) is 14.8. The molecule has 2 amide bonds. The number of carbonyl (C=O) groups excluding carboxylic acids is 3. The molecule has 0 spiro atoms. The molecule has 28 heavy (non-hydrogen) atoms. The summed E-state index contributed by atoms with van der Waals surface area (Å²) in [5, 5.41) is 11.6. The second-order valence-electron chi connectivity index (χ2n) is 5.59. The van der Waals surface area contributed by atoms with Crippen molar-refractivity contribution < 1.29 is 19.1 Å². The van der Waals surface area contributed by atoms with Crippen LogP contribution in [0.5, 0.6) is 0 Å². The molecular weight excluding hydrogens is 402 g/mol. The molecule has 0 saturated carbocycles. The van der Waals surface area contributed by atoms with Crippen LogP contribution in [-0.2, 0) is 14.3 Å². The third kappa shape index (κ3) is 5.74. The van der Waals surface area contributed by atoms with E-state index in [-0.39, 0.29) is 21.9 Å². The van der Waals surface area contributed by atoms with E-state index in [0.29, 0.717) is 10.6 Å². The van der Waals surface area contributed by atoms with Crippen LogP contribution >= 0.6 is 23.4 Å². The van der Waals surface area contributed by atoms with Gasteiger partial charge in [0.2, 0.25) is 5.91 Å². The molecular formula is C19H16ClN3O4S. The first-order valence-electron chi connectivity index (χ1n) is 8.03. The first kappa shape index (κ1) is 21.3. The molecule has 0 saturated heterocycles. The van der Waals surface area contributed by atoms with E-state index in [4.69, 9.17) is 27.3 Å². The number of amides is 2. The minimum absolute atomic E-state index is 0.0137. The van der Waals surface area contributed by atoms with Gasteiger partial charge < -0.3 is 15.8 Å². The van der Waals surface area contributed by atoms with Gasteiger partial charge in [-0.1, -0.05) is 23.7 Å². The maximum atomic E-state index is 12.4. The molecule has 2 aromatic rings. The van der Waals surface area contributed by atoms with Crippen LogP contribution in [0.4, 0.5) is 5.69 Å². The van der Waals surface area contributed by atoms with Crippen molar-refractivity contribution in [1.29, 1.82) is 5.26 Å². The highest BCUT2D eigenvalue weighted by Gasteiger charge is 2.21. The van der Waals surface area contributed by atoms with Crippen molar-refractivity contribution in [3.63, 3.8) is 0 Å². The summed E-state index contributed by atoms with van der Waals surface area (Å²) < 4.78 is 5.23. The zero-order valence-corrected chi connectivity index (χ0v) is 16.3. The number of nitriles is 1. The van der Waals surface area contributed by atoms with Crippen molar-refractivity contribution in [3.05, 3.63) is 58.6 Å². The number of anilines is 1. The molecule has 0 aliphatic heterocycles. The predicted molar refractivity (Wildman–Crippen MR) is 106 cm³/mol. The van der Waals surface area contributed by atoms with E-state index in [9.17, 15) is 14.4 Å². The number of hydrogen-bond acceptors (Lipinski definition) is 6. The largest absolute Gasteiger partial charge is 0.449 e. The zero-order chi connectivity index (χ0) is 20.7. The molecule has 0 radical (unpaired) electrons. The summed E-state index contributed by atoms with van der Waals surface area (Å²) in [6, 6.07) is 12.9. The number of nitrogens with zero attached hydrogens (tertiary/aromatic N) is 1. The van der Waals surface area contributed by atoms with Gasteiger partial charge in [0.05, 0.1) is 21.9 Å². The van der Waals surface area contributed by atoms with Crippen LogP contribution in [0, 0.1) is 11.3 Å². The number of hydrogen-bond donors (Lipinski definition) is 2. The second kappa shape index (κ2) is 9.78. The van der Waals surface area contributed by atoms with Crippen molar-refractivity contribution in [1.82, 2.24) is 0 Å². The maximum Gasteiger partial charge on any atom is 0.340 e. The van der Waals surface area contributed by atoms with E-state index in [1.165, 1.54) is 31.2 Å². The Kier molecular flexibility index (Phi) is 7.44. The number of benzene rings is 2. The van der Waals surface area contributed by atoms with Gasteiger partial charge >= 0.3 is 5.97 Å². The molecule has 3 N–H and O–H groups in total. The number of halogens is 1. The normalized spacial score (nSPS) is 11.2. The van der Waals surface area contributed by atoms with Gasteiger partial charge in [-0.25, -0.2) is 4.79 Å². The molecule has 1 atom stereocenters. The quantitative estimate of drug-likeness (QED) is 0.527. The van der Waals surface area contributed by atoms with Crippen LogP contribution in [0.1, 0.15) is 22.8 Å². The number of rotatable bonds is 7. The van der Waals surface area contributed by atoms with Crippen LogP contribution < -0.4 is 11.1 Å². The Bertz CT molecular complexity index is 958. The molecule has 0 aliphatic rings. The summed E-state index contributed by atoms with van der Waals surface area (Å²) in [4.78, 5) is 36.2. The Hall–Kier alpha value is -3.02. The molecule has 0 fully saturated rings. The predicted octanol–water partition coefficient (Wildman–Crippen LogP) is 2.97. The summed E-state index contributed by atoms with van der Waals surface area (Å²) in [5.74, 6) is -1.76. The van der Waals surface area contributed by atoms with E-state index in [1.807, 2.05) is 6.07 Å². The third-order valence-electron chi connectivity index (χ3n) is 3.49. The lowest BCUT2D eigenvalue weighted by Crippen LogP contribution is -2.30. The lowest BCUT2D eigenvalue weighted by molar-refractivity contribution is -0.123. The van der Waals surface area contributed by atoms with Gasteiger partial charge in [-0.15, -0.1) is 11.8 Å². The molecule has 144 valence electrons. The van der Waals surface area contributed by atoms with E-state index in [0.717, 1.165) is 11.8 Å². The molecule has 1 unspecified atom stereocenters. The van der Waals surface area contributed by atoms with Gasteiger partial charge in [-0.3, -0.25) is 9.59 Å². The van der Waals surface area contributed by atoms with Gasteiger partial charge in [-0.2, -0.15) is 5.26 Å². The summed E-state index contributed by atoms with van der Waals surface area (Å²) in [6.45, 7) is 1.43. The average molecular weight is 418 g/mol. The number of esters is 1. The maximum absolute atomic E-state index is 12.4. The van der Waals surface area contributed by atoms with Crippen molar-refractivity contribution in [2.24, 2.45) is 5.73 Å². The van der Waals surface area contributed by atoms with Gasteiger partial charge in [0.25, 0.3) is 5.91 Å². The number of nitrogens with one attached hydrogen (secondary N) is 1. The topological polar surface area (TPSA) is 122 Å². The van der Waals surface area contributed by atoms with Crippen LogP contribution in [0.25, 0.3) is 0 Å². The molecule has 0 aromatic heterocycles. The van der Waals surface area contributed by atoms with Crippen LogP contribution in [0.2, 0.25) is 5.02 Å². The van der Waals surface area contributed by atoms with E-state index in [1.54, 1.807) is 18.2 Å². The minimum Gasteiger partial charge on any atom is -0.449 e. The fourth-order valence-electron chi connectivity index (χ4n) is 2.12. The van der Waals surface area contributed by atoms with Gasteiger partial charge in [-0.05, 0) is 37.3 Å².